The Balaban J connectivity index is 1.53. The Morgan fingerprint density at radius 2 is 1.44 bits per heavy atom. The summed E-state index contributed by atoms with van der Waals surface area (Å²) in [5.74, 6) is 1.38. The fourth-order valence-corrected chi connectivity index (χ4v) is 5.74. The van der Waals surface area contributed by atoms with Crippen molar-refractivity contribution in [3.05, 3.63) is 94.5 Å². The van der Waals surface area contributed by atoms with Crippen molar-refractivity contribution in [2.24, 2.45) is 0 Å². The van der Waals surface area contributed by atoms with Crippen LogP contribution in [0.15, 0.2) is 66.7 Å². The van der Waals surface area contributed by atoms with Crippen molar-refractivity contribution in [2.45, 2.75) is 38.3 Å². The maximum atomic E-state index is 14.0. The number of fused-ring (bicyclic) bond motifs is 2. The van der Waals surface area contributed by atoms with Crippen LogP contribution in [0.4, 0.5) is 0 Å². The van der Waals surface area contributed by atoms with Crippen LogP contribution in [0.25, 0.3) is 0 Å². The molecule has 2 unspecified atom stereocenters. The number of hydrogen-bond donors (Lipinski definition) is 0. The summed E-state index contributed by atoms with van der Waals surface area (Å²) in [6, 6.07) is 21.8. The van der Waals surface area contributed by atoms with Crippen LogP contribution in [0.2, 0.25) is 0 Å². The second-order valence-electron chi connectivity index (χ2n) is 9.44. The Morgan fingerprint density at radius 1 is 0.806 bits per heavy atom. The molecule has 3 aromatic carbocycles. The van der Waals surface area contributed by atoms with Gasteiger partial charge in [-0.15, -0.1) is 0 Å². The van der Waals surface area contributed by atoms with Crippen LogP contribution in [-0.4, -0.2) is 48.9 Å². The summed E-state index contributed by atoms with van der Waals surface area (Å²) in [7, 11) is 3.27. The third-order valence-electron chi connectivity index (χ3n) is 7.49. The molecule has 186 valence electrons. The van der Waals surface area contributed by atoms with E-state index < -0.39 is 0 Å². The van der Waals surface area contributed by atoms with Crippen molar-refractivity contribution in [1.29, 1.82) is 0 Å². The predicted octanol–water partition coefficient (Wildman–Crippen LogP) is 4.71. The van der Waals surface area contributed by atoms with Gasteiger partial charge in [0.15, 0.2) is 11.5 Å². The van der Waals surface area contributed by atoms with Gasteiger partial charge in [0, 0.05) is 20.0 Å². The van der Waals surface area contributed by atoms with Crippen molar-refractivity contribution < 1.29 is 19.1 Å². The van der Waals surface area contributed by atoms with E-state index in [0.717, 1.165) is 35.1 Å². The van der Waals surface area contributed by atoms with Crippen molar-refractivity contribution in [3.8, 4) is 11.5 Å². The summed E-state index contributed by atoms with van der Waals surface area (Å²) >= 11 is 0. The van der Waals surface area contributed by atoms with Gasteiger partial charge in [0.1, 0.15) is 0 Å². The monoisotopic (exact) mass is 484 g/mol. The first-order chi connectivity index (χ1) is 17.5. The van der Waals surface area contributed by atoms with Crippen molar-refractivity contribution in [2.75, 3.05) is 27.3 Å². The molecule has 36 heavy (non-hydrogen) atoms. The van der Waals surface area contributed by atoms with Crippen LogP contribution >= 0.6 is 0 Å². The third kappa shape index (κ3) is 4.32. The minimum absolute atomic E-state index is 0.00253. The highest BCUT2D eigenvalue weighted by molar-refractivity contribution is 5.81. The van der Waals surface area contributed by atoms with Crippen molar-refractivity contribution >= 4 is 11.8 Å². The van der Waals surface area contributed by atoms with E-state index in [9.17, 15) is 9.59 Å². The molecule has 3 aromatic rings. The van der Waals surface area contributed by atoms with E-state index in [1.807, 2.05) is 52.3 Å². The van der Waals surface area contributed by atoms with E-state index in [0.29, 0.717) is 24.6 Å². The minimum Gasteiger partial charge on any atom is -0.493 e. The van der Waals surface area contributed by atoms with Gasteiger partial charge in [0.25, 0.3) is 0 Å². The average molecular weight is 485 g/mol. The maximum absolute atomic E-state index is 14.0. The molecule has 5 rings (SSSR count). The molecule has 0 aliphatic carbocycles. The van der Waals surface area contributed by atoms with Crippen molar-refractivity contribution in [1.82, 2.24) is 9.80 Å². The zero-order chi connectivity index (χ0) is 25.2. The lowest BCUT2D eigenvalue weighted by molar-refractivity contribution is -0.138. The lowest BCUT2D eigenvalue weighted by atomic mass is 9.86. The summed E-state index contributed by atoms with van der Waals surface area (Å²) in [5.41, 5.74) is 5.54. The number of carbonyl (C=O) groups is 2. The second kappa shape index (κ2) is 10.1. The van der Waals surface area contributed by atoms with E-state index in [-0.39, 0.29) is 30.3 Å². The van der Waals surface area contributed by atoms with Crippen LogP contribution in [0.5, 0.6) is 11.5 Å². The van der Waals surface area contributed by atoms with Crippen molar-refractivity contribution in [3.63, 3.8) is 0 Å². The molecule has 0 N–H and O–H groups in total. The standard InChI is InChI=1S/C30H32N2O4/c1-20(33)31-15-13-21-9-7-8-12-24(21)26(31)19-29(34)32-16-14-23-17-27(35-2)28(36-3)18-25(23)30(32)22-10-5-4-6-11-22/h4-12,17-18,26,30H,13-16,19H2,1-3H3. The molecule has 2 heterocycles. The van der Waals surface area contributed by atoms with E-state index in [1.54, 1.807) is 21.1 Å². The molecule has 2 amide bonds. The number of hydrogen-bond acceptors (Lipinski definition) is 4. The number of rotatable bonds is 5. The van der Waals surface area contributed by atoms with Gasteiger partial charge >= 0.3 is 0 Å². The summed E-state index contributed by atoms with van der Waals surface area (Å²) in [4.78, 5) is 30.4. The number of benzene rings is 3. The molecule has 2 aliphatic heterocycles. The number of nitrogens with zero attached hydrogens (tertiary/aromatic N) is 2. The summed E-state index contributed by atoms with van der Waals surface area (Å²) in [6.45, 7) is 2.82. The molecular formula is C30H32N2O4. The summed E-state index contributed by atoms with van der Waals surface area (Å²) < 4.78 is 11.2. The van der Waals surface area contributed by atoms with E-state index in [2.05, 4.69) is 24.3 Å². The van der Waals surface area contributed by atoms with Gasteiger partial charge < -0.3 is 19.3 Å². The topological polar surface area (TPSA) is 59.1 Å². The molecule has 6 heteroatoms. The first kappa shape index (κ1) is 23.9. The molecule has 0 bridgehead atoms. The number of methoxy groups -OCH3 is 2. The van der Waals surface area contributed by atoms with Gasteiger partial charge in [0.2, 0.25) is 11.8 Å². The van der Waals surface area contributed by atoms with E-state index in [4.69, 9.17) is 9.47 Å². The van der Waals surface area contributed by atoms with Crippen LogP contribution in [-0.2, 0) is 22.4 Å². The van der Waals surface area contributed by atoms with Crippen LogP contribution < -0.4 is 9.47 Å². The Morgan fingerprint density at radius 3 is 2.17 bits per heavy atom. The van der Waals surface area contributed by atoms with Gasteiger partial charge in [-0.1, -0.05) is 54.6 Å². The smallest absolute Gasteiger partial charge is 0.225 e. The fourth-order valence-electron chi connectivity index (χ4n) is 5.74. The maximum Gasteiger partial charge on any atom is 0.225 e. The first-order valence-electron chi connectivity index (χ1n) is 12.5. The molecule has 0 radical (unpaired) electrons. The zero-order valence-corrected chi connectivity index (χ0v) is 21.1. The van der Waals surface area contributed by atoms with Gasteiger partial charge in [-0.2, -0.15) is 0 Å². The van der Waals surface area contributed by atoms with Gasteiger partial charge in [-0.25, -0.2) is 0 Å². The lowest BCUT2D eigenvalue weighted by Gasteiger charge is -2.41. The summed E-state index contributed by atoms with van der Waals surface area (Å²) in [5, 5.41) is 0. The van der Waals surface area contributed by atoms with Gasteiger partial charge in [-0.05, 0) is 52.8 Å². The molecule has 2 aliphatic rings. The average Bonchev–Trinajstić information content (AvgIpc) is 2.91. The Hall–Kier alpha value is -3.80. The highest BCUT2D eigenvalue weighted by Gasteiger charge is 2.37. The highest BCUT2D eigenvalue weighted by atomic mass is 16.5. The SMILES string of the molecule is COc1cc2c(cc1OC)C(c1ccccc1)N(C(=O)CC1c3ccccc3CCN1C(C)=O)CC2. The molecule has 0 saturated carbocycles. The lowest BCUT2D eigenvalue weighted by Crippen LogP contribution is -2.45. The molecule has 6 nitrogen and oxygen atoms in total. The molecule has 0 spiro atoms. The Bertz CT molecular complexity index is 1270. The van der Waals surface area contributed by atoms with E-state index >= 15 is 0 Å². The number of ether oxygens (including phenoxy) is 2. The van der Waals surface area contributed by atoms with Gasteiger partial charge in [0.05, 0.1) is 32.7 Å². The summed E-state index contributed by atoms with van der Waals surface area (Å²) in [6.07, 6.45) is 1.79. The quantitative estimate of drug-likeness (QED) is 0.526. The fraction of sp³-hybridized carbons (Fsp3) is 0.333. The first-order valence-corrected chi connectivity index (χ1v) is 12.5. The normalized spacial score (nSPS) is 18.8. The highest BCUT2D eigenvalue weighted by Crippen LogP contribution is 2.42. The van der Waals surface area contributed by atoms with Crippen LogP contribution in [0.1, 0.15) is 53.2 Å². The molecular weight excluding hydrogens is 452 g/mol. The predicted molar refractivity (Wildman–Crippen MR) is 138 cm³/mol. The zero-order valence-electron chi connectivity index (χ0n) is 21.1. The Kier molecular flexibility index (Phi) is 6.68. The number of amides is 2. The van der Waals surface area contributed by atoms with E-state index in [1.165, 1.54) is 5.56 Å². The largest absolute Gasteiger partial charge is 0.493 e. The number of carbonyl (C=O) groups excluding carboxylic acids is 2. The molecule has 0 fully saturated rings. The molecule has 0 aromatic heterocycles. The molecule has 0 saturated heterocycles. The minimum atomic E-state index is -0.261. The Labute approximate surface area is 212 Å². The van der Waals surface area contributed by atoms with Gasteiger partial charge in [-0.3, -0.25) is 9.59 Å². The second-order valence-corrected chi connectivity index (χ2v) is 9.44. The third-order valence-corrected chi connectivity index (χ3v) is 7.49. The molecule has 2 atom stereocenters. The van der Waals surface area contributed by atoms with Crippen LogP contribution in [0.3, 0.4) is 0 Å². The van der Waals surface area contributed by atoms with Crippen LogP contribution in [0, 0.1) is 0 Å².